The monoisotopic (exact) mass is 341 g/mol. The first-order chi connectivity index (χ1) is 11.3. The lowest BCUT2D eigenvalue weighted by molar-refractivity contribution is -0.119. The largest absolute Gasteiger partial charge is 0.349 e. The lowest BCUT2D eigenvalue weighted by Crippen LogP contribution is -2.28. The van der Waals surface area contributed by atoms with Gasteiger partial charge >= 0.3 is 0 Å². The van der Waals surface area contributed by atoms with Crippen molar-refractivity contribution >= 4 is 17.7 Å². The molecule has 2 nitrogen and oxygen atoms in total. The second kappa shape index (κ2) is 7.89. The molecule has 2 rings (SSSR count). The van der Waals surface area contributed by atoms with Gasteiger partial charge in [-0.25, -0.2) is 0 Å². The van der Waals surface area contributed by atoms with Gasteiger partial charge in [0.1, 0.15) is 0 Å². The van der Waals surface area contributed by atoms with Crippen LogP contribution < -0.4 is 5.32 Å². The molecule has 0 heterocycles. The summed E-state index contributed by atoms with van der Waals surface area (Å²) in [6, 6.07) is 16.8. The van der Waals surface area contributed by atoms with Gasteiger partial charge in [-0.15, -0.1) is 11.8 Å². The molecule has 0 aliphatic carbocycles. The van der Waals surface area contributed by atoms with Crippen LogP contribution in [0.15, 0.2) is 53.4 Å². The summed E-state index contributed by atoms with van der Waals surface area (Å²) in [4.78, 5) is 13.3. The summed E-state index contributed by atoms with van der Waals surface area (Å²) < 4.78 is 0. The van der Waals surface area contributed by atoms with E-state index in [1.54, 1.807) is 11.8 Å². The van der Waals surface area contributed by atoms with Gasteiger partial charge in [0.2, 0.25) is 5.91 Å². The van der Waals surface area contributed by atoms with Gasteiger partial charge in [0.15, 0.2) is 0 Å². The molecule has 0 unspecified atom stereocenters. The molecule has 0 aliphatic heterocycles. The minimum atomic E-state index is 0.0186. The molecular formula is C21H27NOS. The van der Waals surface area contributed by atoms with E-state index in [4.69, 9.17) is 0 Å². The molecule has 1 amide bonds. The Kier molecular flexibility index (Phi) is 6.11. The van der Waals surface area contributed by atoms with Gasteiger partial charge < -0.3 is 5.32 Å². The van der Waals surface area contributed by atoms with Gasteiger partial charge in [-0.05, 0) is 42.5 Å². The second-order valence-electron chi connectivity index (χ2n) is 7.26. The SMILES string of the molecule is Cc1ccc(SCC(=O)N[C@H](C)c2ccc(C(C)(C)C)cc2)cc1. The summed E-state index contributed by atoms with van der Waals surface area (Å²) in [7, 11) is 0. The number of carbonyl (C=O) groups is 1. The molecule has 0 radical (unpaired) electrons. The number of hydrogen-bond donors (Lipinski definition) is 1. The summed E-state index contributed by atoms with van der Waals surface area (Å²) in [6.07, 6.45) is 0. The maximum atomic E-state index is 12.2. The van der Waals surface area contributed by atoms with Crippen LogP contribution in [0.2, 0.25) is 0 Å². The predicted octanol–water partition coefficient (Wildman–Crippen LogP) is 5.26. The number of carbonyl (C=O) groups excluding carboxylic acids is 1. The number of amides is 1. The smallest absolute Gasteiger partial charge is 0.230 e. The van der Waals surface area contributed by atoms with Crippen molar-refractivity contribution in [2.24, 2.45) is 0 Å². The molecule has 0 bridgehead atoms. The predicted molar refractivity (Wildman–Crippen MR) is 104 cm³/mol. The molecular weight excluding hydrogens is 314 g/mol. The van der Waals surface area contributed by atoms with Crippen molar-refractivity contribution in [1.82, 2.24) is 5.32 Å². The Labute approximate surface area is 150 Å². The Morgan fingerprint density at radius 2 is 1.62 bits per heavy atom. The lowest BCUT2D eigenvalue weighted by Gasteiger charge is -2.20. The quantitative estimate of drug-likeness (QED) is 0.751. The van der Waals surface area contributed by atoms with Crippen molar-refractivity contribution in [2.45, 2.75) is 51.0 Å². The molecule has 0 saturated heterocycles. The van der Waals surface area contributed by atoms with Crippen LogP contribution in [0.5, 0.6) is 0 Å². The highest BCUT2D eigenvalue weighted by atomic mass is 32.2. The van der Waals surface area contributed by atoms with E-state index in [1.165, 1.54) is 11.1 Å². The minimum Gasteiger partial charge on any atom is -0.349 e. The Morgan fingerprint density at radius 1 is 1.04 bits per heavy atom. The fourth-order valence-electron chi connectivity index (χ4n) is 2.42. The third kappa shape index (κ3) is 5.41. The van der Waals surface area contributed by atoms with Crippen LogP contribution in [-0.4, -0.2) is 11.7 Å². The summed E-state index contributed by atoms with van der Waals surface area (Å²) in [5.41, 5.74) is 3.82. The maximum Gasteiger partial charge on any atom is 0.230 e. The van der Waals surface area contributed by atoms with Crippen molar-refractivity contribution in [2.75, 3.05) is 5.75 Å². The summed E-state index contributed by atoms with van der Waals surface area (Å²) >= 11 is 1.57. The number of nitrogens with one attached hydrogen (secondary N) is 1. The molecule has 1 atom stereocenters. The van der Waals surface area contributed by atoms with Crippen molar-refractivity contribution in [3.63, 3.8) is 0 Å². The summed E-state index contributed by atoms with van der Waals surface area (Å²) in [5.74, 6) is 0.501. The lowest BCUT2D eigenvalue weighted by atomic mass is 9.86. The van der Waals surface area contributed by atoms with Crippen LogP contribution in [-0.2, 0) is 10.2 Å². The van der Waals surface area contributed by atoms with Gasteiger partial charge in [-0.3, -0.25) is 4.79 Å². The second-order valence-corrected chi connectivity index (χ2v) is 8.31. The molecule has 0 aliphatic rings. The Morgan fingerprint density at radius 3 is 2.17 bits per heavy atom. The average molecular weight is 342 g/mol. The molecule has 1 N–H and O–H groups in total. The first-order valence-electron chi connectivity index (χ1n) is 8.35. The van der Waals surface area contributed by atoms with Crippen molar-refractivity contribution in [3.05, 3.63) is 65.2 Å². The maximum absolute atomic E-state index is 12.2. The molecule has 0 spiro atoms. The zero-order chi connectivity index (χ0) is 17.7. The highest BCUT2D eigenvalue weighted by Crippen LogP contribution is 2.24. The molecule has 0 saturated carbocycles. The Bertz CT molecular complexity index is 668. The van der Waals surface area contributed by atoms with Gasteiger partial charge in [-0.2, -0.15) is 0 Å². The summed E-state index contributed by atoms with van der Waals surface area (Å²) in [6.45, 7) is 10.7. The normalized spacial score (nSPS) is 12.7. The number of thioether (sulfide) groups is 1. The van der Waals surface area contributed by atoms with E-state index < -0.39 is 0 Å². The Hall–Kier alpha value is -1.74. The van der Waals surface area contributed by atoms with E-state index in [0.717, 1.165) is 10.5 Å². The summed E-state index contributed by atoms with van der Waals surface area (Å²) in [5, 5.41) is 3.08. The molecule has 24 heavy (non-hydrogen) atoms. The third-order valence-corrected chi connectivity index (χ3v) is 5.06. The van der Waals surface area contributed by atoms with E-state index in [9.17, 15) is 4.79 Å². The highest BCUT2D eigenvalue weighted by Gasteiger charge is 2.15. The standard InChI is InChI=1S/C21H27NOS/c1-15-6-12-19(13-7-15)24-14-20(23)22-16(2)17-8-10-18(11-9-17)21(3,4)5/h6-13,16H,14H2,1-5H3,(H,22,23)/t16-/m1/s1. The van der Waals surface area contributed by atoms with Crippen LogP contribution in [0.25, 0.3) is 0 Å². The molecule has 3 heteroatoms. The molecule has 2 aromatic rings. The molecule has 0 fully saturated rings. The van der Waals surface area contributed by atoms with Crippen LogP contribution in [0.4, 0.5) is 0 Å². The van der Waals surface area contributed by atoms with E-state index in [1.807, 2.05) is 6.92 Å². The number of benzene rings is 2. The number of hydrogen-bond acceptors (Lipinski definition) is 2. The van der Waals surface area contributed by atoms with Gasteiger partial charge in [0.25, 0.3) is 0 Å². The first-order valence-corrected chi connectivity index (χ1v) is 9.33. The fourth-order valence-corrected chi connectivity index (χ4v) is 3.13. The van der Waals surface area contributed by atoms with Crippen LogP contribution in [0, 0.1) is 6.92 Å². The number of rotatable bonds is 5. The highest BCUT2D eigenvalue weighted by molar-refractivity contribution is 8.00. The van der Waals surface area contributed by atoms with Crippen LogP contribution >= 0.6 is 11.8 Å². The molecule has 2 aromatic carbocycles. The third-order valence-electron chi connectivity index (χ3n) is 4.05. The Balaban J connectivity index is 1.88. The van der Waals surface area contributed by atoms with Crippen LogP contribution in [0.1, 0.15) is 50.4 Å². The van der Waals surface area contributed by atoms with E-state index in [2.05, 4.69) is 81.5 Å². The van der Waals surface area contributed by atoms with Crippen molar-refractivity contribution in [3.8, 4) is 0 Å². The van der Waals surface area contributed by atoms with E-state index in [0.29, 0.717) is 5.75 Å². The first kappa shape index (κ1) is 18.6. The number of aryl methyl sites for hydroxylation is 1. The van der Waals surface area contributed by atoms with Gasteiger partial charge in [-0.1, -0.05) is 62.7 Å². The van der Waals surface area contributed by atoms with E-state index in [-0.39, 0.29) is 17.4 Å². The van der Waals surface area contributed by atoms with Crippen molar-refractivity contribution in [1.29, 1.82) is 0 Å². The molecule has 0 aromatic heterocycles. The average Bonchev–Trinajstić information content (AvgIpc) is 2.53. The zero-order valence-corrected chi connectivity index (χ0v) is 16.0. The fraction of sp³-hybridized carbons (Fsp3) is 0.381. The van der Waals surface area contributed by atoms with Gasteiger partial charge in [0, 0.05) is 4.90 Å². The zero-order valence-electron chi connectivity index (χ0n) is 15.2. The minimum absolute atomic E-state index is 0.0186. The van der Waals surface area contributed by atoms with Gasteiger partial charge in [0.05, 0.1) is 11.8 Å². The van der Waals surface area contributed by atoms with Crippen molar-refractivity contribution < 1.29 is 4.79 Å². The van der Waals surface area contributed by atoms with E-state index >= 15 is 0 Å². The topological polar surface area (TPSA) is 29.1 Å². The van der Waals surface area contributed by atoms with Crippen LogP contribution in [0.3, 0.4) is 0 Å². The molecule has 128 valence electrons.